The normalized spacial score (nSPS) is 21.2. The Morgan fingerprint density at radius 2 is 1.50 bits per heavy atom. The molecule has 9 rings (SSSR count). The summed E-state index contributed by atoms with van der Waals surface area (Å²) in [4.78, 5) is 0. The molecule has 0 nitrogen and oxygen atoms in total. The molecule has 0 spiro atoms. The second-order valence-electron chi connectivity index (χ2n) is 14.3. The molecule has 5 aliphatic rings. The van der Waals surface area contributed by atoms with Crippen molar-refractivity contribution in [2.75, 3.05) is 0 Å². The zero-order valence-corrected chi connectivity index (χ0v) is 26.1. The zero-order valence-electron chi connectivity index (χ0n) is 26.1. The Balaban J connectivity index is 1.05. The minimum Gasteiger partial charge on any atom is -0.0754 e. The van der Waals surface area contributed by atoms with E-state index in [0.717, 1.165) is 12.8 Å². The molecule has 0 bridgehead atoms. The van der Waals surface area contributed by atoms with Crippen LogP contribution < -0.4 is 0 Å². The number of allylic oxidation sites excluding steroid dienone is 7. The Morgan fingerprint density at radius 1 is 0.705 bits per heavy atom. The van der Waals surface area contributed by atoms with Crippen LogP contribution in [0, 0.1) is 5.92 Å². The fraction of sp³-hybridized carbons (Fsp3) is 0.227. The second-order valence-corrected chi connectivity index (χ2v) is 14.3. The Labute approximate surface area is 261 Å². The monoisotopic (exact) mass is 566 g/mol. The van der Waals surface area contributed by atoms with Crippen LogP contribution in [0.2, 0.25) is 0 Å². The van der Waals surface area contributed by atoms with Gasteiger partial charge in [0.2, 0.25) is 0 Å². The van der Waals surface area contributed by atoms with E-state index in [9.17, 15) is 0 Å². The van der Waals surface area contributed by atoms with Crippen molar-refractivity contribution < 1.29 is 0 Å². The van der Waals surface area contributed by atoms with Gasteiger partial charge in [-0.25, -0.2) is 0 Å². The third-order valence-electron chi connectivity index (χ3n) is 11.1. The molecule has 214 valence electrons. The molecule has 4 aromatic rings. The van der Waals surface area contributed by atoms with Crippen molar-refractivity contribution >= 4 is 29.4 Å². The van der Waals surface area contributed by atoms with E-state index in [1.807, 2.05) is 0 Å². The zero-order chi connectivity index (χ0) is 29.7. The summed E-state index contributed by atoms with van der Waals surface area (Å²) in [7, 11) is 0. The molecule has 0 amide bonds. The molecule has 0 fully saturated rings. The van der Waals surface area contributed by atoms with Gasteiger partial charge in [0, 0.05) is 17.3 Å². The van der Waals surface area contributed by atoms with E-state index in [0.29, 0.717) is 17.8 Å². The van der Waals surface area contributed by atoms with Crippen molar-refractivity contribution in [2.45, 2.75) is 57.8 Å². The molecule has 2 atom stereocenters. The molecule has 2 unspecified atom stereocenters. The highest BCUT2D eigenvalue weighted by molar-refractivity contribution is 5.89. The lowest BCUT2D eigenvalue weighted by Crippen LogP contribution is -2.23. The highest BCUT2D eigenvalue weighted by atomic mass is 14.4. The third-order valence-corrected chi connectivity index (χ3v) is 11.1. The molecule has 0 saturated carbocycles. The van der Waals surface area contributed by atoms with E-state index >= 15 is 0 Å². The van der Waals surface area contributed by atoms with Crippen molar-refractivity contribution in [3.05, 3.63) is 158 Å². The van der Waals surface area contributed by atoms with Crippen molar-refractivity contribution in [1.82, 2.24) is 0 Å². The molecule has 0 radical (unpaired) electrons. The predicted octanol–water partition coefficient (Wildman–Crippen LogP) is 11.4. The van der Waals surface area contributed by atoms with E-state index in [4.69, 9.17) is 0 Å². The van der Waals surface area contributed by atoms with Crippen LogP contribution in [0.1, 0.15) is 102 Å². The largest absolute Gasteiger partial charge is 0.0754 e. The molecular formula is C44H38. The van der Waals surface area contributed by atoms with Crippen molar-refractivity contribution in [2.24, 2.45) is 5.92 Å². The minimum atomic E-state index is 0.0334. The SMILES string of the molecule is CC(C)c1cc2c3c(c1)C=CC1C(c4ccc5c(c4)CCC(c4ccc6c(c4)C(C)(C)c4ccccc4-6)=C5)=CC=C(C=C2)C31. The number of hydrogen-bond acceptors (Lipinski definition) is 0. The summed E-state index contributed by atoms with van der Waals surface area (Å²) in [5.74, 6) is 1.32. The van der Waals surface area contributed by atoms with Gasteiger partial charge in [-0.2, -0.15) is 0 Å². The van der Waals surface area contributed by atoms with E-state index in [1.165, 1.54) is 83.5 Å². The van der Waals surface area contributed by atoms with Gasteiger partial charge >= 0.3 is 0 Å². The van der Waals surface area contributed by atoms with Gasteiger partial charge in [-0.15, -0.1) is 0 Å². The Bertz CT molecular complexity index is 2070. The van der Waals surface area contributed by atoms with Crippen molar-refractivity contribution in [1.29, 1.82) is 0 Å². The quantitative estimate of drug-likeness (QED) is 0.231. The summed E-state index contributed by atoms with van der Waals surface area (Å²) in [5.41, 5.74) is 21.4. The first-order chi connectivity index (χ1) is 21.4. The van der Waals surface area contributed by atoms with Crippen LogP contribution >= 0.6 is 0 Å². The molecule has 0 aromatic heterocycles. The Hall–Kier alpha value is -4.42. The predicted molar refractivity (Wildman–Crippen MR) is 188 cm³/mol. The molecule has 0 saturated heterocycles. The fourth-order valence-corrected chi connectivity index (χ4v) is 8.68. The molecule has 0 aliphatic heterocycles. The van der Waals surface area contributed by atoms with Crippen LogP contribution in [0.25, 0.3) is 40.5 Å². The van der Waals surface area contributed by atoms with E-state index in [2.05, 4.69) is 143 Å². The molecular weight excluding hydrogens is 528 g/mol. The summed E-state index contributed by atoms with van der Waals surface area (Å²) in [6, 6.07) is 28.2. The highest BCUT2D eigenvalue weighted by Crippen LogP contribution is 2.53. The lowest BCUT2D eigenvalue weighted by atomic mass is 9.65. The maximum atomic E-state index is 2.49. The van der Waals surface area contributed by atoms with Gasteiger partial charge in [-0.05, 0) is 108 Å². The van der Waals surface area contributed by atoms with Crippen LogP contribution in [0.4, 0.5) is 0 Å². The minimum absolute atomic E-state index is 0.0334. The number of benzene rings is 4. The van der Waals surface area contributed by atoms with Crippen molar-refractivity contribution in [3.8, 4) is 11.1 Å². The first-order valence-corrected chi connectivity index (χ1v) is 16.4. The lowest BCUT2D eigenvalue weighted by Gasteiger charge is -2.38. The summed E-state index contributed by atoms with van der Waals surface area (Å²) >= 11 is 0. The Morgan fingerprint density at radius 3 is 2.36 bits per heavy atom. The van der Waals surface area contributed by atoms with Gasteiger partial charge in [0.05, 0.1) is 0 Å². The second kappa shape index (κ2) is 9.29. The standard InChI is InChI=1S/C44H38/c1-26(2)35-23-33-14-9-27-15-18-36(39-20-17-34(24-35)42(33)43(27)39)32-13-12-28-21-29(10-11-30(28)22-32)31-16-19-38-37-7-5-6-8-40(37)44(3,4)41(38)25-31/h5-9,12-26,39,43H,10-11H2,1-4H3. The molecule has 0 heteroatoms. The number of hydrogen-bond donors (Lipinski definition) is 0. The average molecular weight is 567 g/mol. The number of fused-ring (bicyclic) bond motifs is 4. The van der Waals surface area contributed by atoms with Crippen LogP contribution in [0.15, 0.2) is 103 Å². The van der Waals surface area contributed by atoms with Gasteiger partial charge in [-0.1, -0.05) is 137 Å². The first kappa shape index (κ1) is 26.0. The van der Waals surface area contributed by atoms with Crippen molar-refractivity contribution in [3.63, 3.8) is 0 Å². The maximum absolute atomic E-state index is 2.49. The summed E-state index contributed by atoms with van der Waals surface area (Å²) in [5, 5.41) is 0. The molecule has 4 aromatic carbocycles. The van der Waals surface area contributed by atoms with Crippen LogP contribution in [0.5, 0.6) is 0 Å². The van der Waals surface area contributed by atoms with Gasteiger partial charge in [-0.3, -0.25) is 0 Å². The summed E-state index contributed by atoms with van der Waals surface area (Å²) in [6.45, 7) is 9.34. The molecule has 5 aliphatic carbocycles. The van der Waals surface area contributed by atoms with Crippen LogP contribution in [-0.2, 0) is 11.8 Å². The van der Waals surface area contributed by atoms with Crippen LogP contribution in [-0.4, -0.2) is 0 Å². The van der Waals surface area contributed by atoms with Gasteiger partial charge < -0.3 is 0 Å². The third kappa shape index (κ3) is 3.70. The highest BCUT2D eigenvalue weighted by Gasteiger charge is 2.37. The maximum Gasteiger partial charge on any atom is 0.0205 e. The van der Waals surface area contributed by atoms with Gasteiger partial charge in [0.15, 0.2) is 0 Å². The van der Waals surface area contributed by atoms with Crippen LogP contribution in [0.3, 0.4) is 0 Å². The molecule has 0 N–H and O–H groups in total. The number of aryl methyl sites for hydroxylation is 1. The summed E-state index contributed by atoms with van der Waals surface area (Å²) < 4.78 is 0. The molecule has 0 heterocycles. The first-order valence-electron chi connectivity index (χ1n) is 16.4. The van der Waals surface area contributed by atoms with Gasteiger partial charge in [0.25, 0.3) is 0 Å². The number of rotatable bonds is 3. The summed E-state index contributed by atoms with van der Waals surface area (Å²) in [6.07, 6.45) is 19.0. The van der Waals surface area contributed by atoms with Gasteiger partial charge in [0.1, 0.15) is 0 Å². The smallest absolute Gasteiger partial charge is 0.0205 e. The topological polar surface area (TPSA) is 0 Å². The van der Waals surface area contributed by atoms with E-state index < -0.39 is 0 Å². The Kier molecular flexibility index (Phi) is 5.49. The average Bonchev–Trinajstić information content (AvgIpc) is 3.28. The molecule has 44 heavy (non-hydrogen) atoms. The lowest BCUT2D eigenvalue weighted by molar-refractivity contribution is 0.660. The fourth-order valence-electron chi connectivity index (χ4n) is 8.68. The van der Waals surface area contributed by atoms with E-state index in [-0.39, 0.29) is 5.41 Å². The van der Waals surface area contributed by atoms with E-state index in [1.54, 1.807) is 0 Å².